The number of halogens is 3. The van der Waals surface area contributed by atoms with Crippen LogP contribution in [0.25, 0.3) is 0 Å². The van der Waals surface area contributed by atoms with Gasteiger partial charge in [-0.2, -0.15) is 0 Å². The molecule has 1 fully saturated rings. The Labute approximate surface area is 139 Å². The largest absolute Gasteiger partial charge is 0.326 e. The van der Waals surface area contributed by atoms with Crippen molar-refractivity contribution in [3.63, 3.8) is 0 Å². The van der Waals surface area contributed by atoms with Gasteiger partial charge in [-0.1, -0.05) is 39.1 Å². The van der Waals surface area contributed by atoms with Crippen molar-refractivity contribution in [3.05, 3.63) is 68.7 Å². The summed E-state index contributed by atoms with van der Waals surface area (Å²) in [5, 5.41) is 10.7. The molecule has 21 heavy (non-hydrogen) atoms. The Kier molecular flexibility index (Phi) is 3.59. The van der Waals surface area contributed by atoms with Gasteiger partial charge in [-0.05, 0) is 42.0 Å². The van der Waals surface area contributed by atoms with Crippen molar-refractivity contribution in [2.75, 3.05) is 4.90 Å². The van der Waals surface area contributed by atoms with E-state index in [1.165, 1.54) is 12.1 Å². The molecule has 0 radical (unpaired) electrons. The van der Waals surface area contributed by atoms with Crippen LogP contribution in [0.4, 0.5) is 11.4 Å². The van der Waals surface area contributed by atoms with Crippen LogP contribution in [-0.2, 0) is 0 Å². The second kappa shape index (κ2) is 5.16. The van der Waals surface area contributed by atoms with Gasteiger partial charge in [0.25, 0.3) is 5.69 Å². The van der Waals surface area contributed by atoms with Gasteiger partial charge in [0, 0.05) is 22.3 Å². The molecule has 0 aromatic heterocycles. The molecule has 0 aliphatic carbocycles. The zero-order valence-electron chi connectivity index (χ0n) is 10.5. The molecule has 108 valence electrons. The molecule has 1 heterocycles. The predicted octanol–water partition coefficient (Wildman–Crippen LogP) is 5.05. The first-order valence-corrected chi connectivity index (χ1v) is 7.63. The van der Waals surface area contributed by atoms with E-state index >= 15 is 0 Å². The molecule has 1 aliphatic heterocycles. The highest BCUT2D eigenvalue weighted by molar-refractivity contribution is 9.10. The fourth-order valence-corrected chi connectivity index (χ4v) is 3.30. The van der Waals surface area contributed by atoms with Crippen molar-refractivity contribution in [1.29, 1.82) is 0 Å². The lowest BCUT2D eigenvalue weighted by atomic mass is 10.1. The van der Waals surface area contributed by atoms with E-state index in [0.717, 1.165) is 15.7 Å². The topological polar surface area (TPSA) is 46.1 Å². The minimum Gasteiger partial charge on any atom is -0.326 e. The van der Waals surface area contributed by atoms with Gasteiger partial charge in [-0.15, -0.1) is 0 Å². The second-order valence-electron chi connectivity index (χ2n) is 4.69. The molecule has 1 saturated heterocycles. The van der Waals surface area contributed by atoms with Gasteiger partial charge in [0.15, 0.2) is 0 Å². The van der Waals surface area contributed by atoms with Crippen LogP contribution in [0.5, 0.6) is 0 Å². The molecule has 7 heteroatoms. The number of benzene rings is 2. The van der Waals surface area contributed by atoms with Crippen molar-refractivity contribution in [2.24, 2.45) is 0 Å². The van der Waals surface area contributed by atoms with Gasteiger partial charge in [0.05, 0.1) is 4.92 Å². The smallest absolute Gasteiger partial charge is 0.269 e. The van der Waals surface area contributed by atoms with E-state index in [2.05, 4.69) is 15.9 Å². The van der Waals surface area contributed by atoms with Crippen LogP contribution in [0.2, 0.25) is 0 Å². The highest BCUT2D eigenvalue weighted by atomic mass is 79.9. The lowest BCUT2D eigenvalue weighted by Crippen LogP contribution is -2.00. The molecule has 0 amide bonds. The minimum absolute atomic E-state index is 0.0457. The van der Waals surface area contributed by atoms with Crippen LogP contribution >= 0.6 is 39.1 Å². The molecule has 1 aliphatic rings. The zero-order valence-corrected chi connectivity index (χ0v) is 13.6. The van der Waals surface area contributed by atoms with Gasteiger partial charge >= 0.3 is 0 Å². The number of anilines is 1. The maximum absolute atomic E-state index is 10.7. The Morgan fingerprint density at radius 2 is 1.67 bits per heavy atom. The molecule has 1 atom stereocenters. The van der Waals surface area contributed by atoms with Crippen molar-refractivity contribution in [1.82, 2.24) is 0 Å². The van der Waals surface area contributed by atoms with E-state index in [0.29, 0.717) is 0 Å². The average Bonchev–Trinajstić information content (AvgIpc) is 3.02. The number of alkyl halides is 2. The summed E-state index contributed by atoms with van der Waals surface area (Å²) in [5.41, 5.74) is 1.78. The van der Waals surface area contributed by atoms with Crippen LogP contribution in [0.15, 0.2) is 53.0 Å². The third-order valence-corrected chi connectivity index (χ3v) is 4.67. The van der Waals surface area contributed by atoms with Crippen molar-refractivity contribution >= 4 is 50.5 Å². The van der Waals surface area contributed by atoms with Crippen LogP contribution in [-0.4, -0.2) is 9.38 Å². The van der Waals surface area contributed by atoms with E-state index in [1.807, 2.05) is 29.2 Å². The lowest BCUT2D eigenvalue weighted by molar-refractivity contribution is -0.384. The maximum Gasteiger partial charge on any atom is 0.269 e. The average molecular weight is 388 g/mol. The highest BCUT2D eigenvalue weighted by Gasteiger charge is 2.62. The van der Waals surface area contributed by atoms with Gasteiger partial charge in [0.1, 0.15) is 6.04 Å². The molecule has 0 spiro atoms. The lowest BCUT2D eigenvalue weighted by Gasteiger charge is -2.06. The number of nitrogens with zero attached hydrogens (tertiary/aromatic N) is 2. The summed E-state index contributed by atoms with van der Waals surface area (Å²) < 4.78 is -0.0704. The van der Waals surface area contributed by atoms with Gasteiger partial charge in [-0.3, -0.25) is 10.1 Å². The molecule has 2 aromatic rings. The zero-order chi connectivity index (χ0) is 15.2. The van der Waals surface area contributed by atoms with E-state index in [4.69, 9.17) is 23.2 Å². The molecular weight excluding hydrogens is 379 g/mol. The molecule has 4 nitrogen and oxygen atoms in total. The SMILES string of the molecule is O=[N+]([O-])c1ccc([C@H]2N(c3ccc(Br)cc3)C2(Cl)Cl)cc1. The van der Waals surface area contributed by atoms with Crippen molar-refractivity contribution < 1.29 is 4.92 Å². The number of rotatable bonds is 3. The highest BCUT2D eigenvalue weighted by Crippen LogP contribution is 2.61. The number of hydrogen-bond donors (Lipinski definition) is 0. The normalized spacial score (nSPS) is 19.4. The molecule has 0 unspecified atom stereocenters. The van der Waals surface area contributed by atoms with Gasteiger partial charge in [-0.25, -0.2) is 0 Å². The maximum atomic E-state index is 10.7. The first-order valence-electron chi connectivity index (χ1n) is 6.08. The fourth-order valence-electron chi connectivity index (χ4n) is 2.30. The number of nitro benzene ring substituents is 1. The first kappa shape index (κ1) is 14.6. The minimum atomic E-state index is -1.04. The van der Waals surface area contributed by atoms with Crippen LogP contribution in [0, 0.1) is 10.1 Å². The Bertz CT molecular complexity index is 689. The quantitative estimate of drug-likeness (QED) is 0.243. The van der Waals surface area contributed by atoms with E-state index in [-0.39, 0.29) is 11.7 Å². The fraction of sp³-hybridized carbons (Fsp3) is 0.143. The third-order valence-electron chi connectivity index (χ3n) is 3.37. The van der Waals surface area contributed by atoms with Crippen LogP contribution in [0.3, 0.4) is 0 Å². The standard InChI is InChI=1S/C14H9BrCl2N2O2/c15-10-3-7-11(8-4-10)18-13(14(18,16)17)9-1-5-12(6-2-9)19(20)21/h1-8,13H/t13-,18?/m1/s1. The molecule has 0 N–H and O–H groups in total. The molecule has 0 saturated carbocycles. The number of hydrogen-bond acceptors (Lipinski definition) is 3. The number of non-ortho nitro benzene ring substituents is 1. The molecular formula is C14H9BrCl2N2O2. The van der Waals surface area contributed by atoms with Crippen LogP contribution < -0.4 is 4.90 Å². The summed E-state index contributed by atoms with van der Waals surface area (Å²) in [4.78, 5) is 12.1. The number of nitro groups is 1. The van der Waals surface area contributed by atoms with Gasteiger partial charge in [0.2, 0.25) is 4.46 Å². The van der Waals surface area contributed by atoms with Crippen molar-refractivity contribution in [2.45, 2.75) is 10.5 Å². The molecule has 2 aromatic carbocycles. The molecule has 0 bridgehead atoms. The summed E-state index contributed by atoms with van der Waals surface area (Å²) in [6.07, 6.45) is 0. The molecule has 3 rings (SSSR count). The third kappa shape index (κ3) is 2.61. The second-order valence-corrected chi connectivity index (χ2v) is 6.95. The Morgan fingerprint density at radius 3 is 2.19 bits per heavy atom. The van der Waals surface area contributed by atoms with E-state index < -0.39 is 9.38 Å². The Balaban J connectivity index is 1.89. The van der Waals surface area contributed by atoms with Crippen molar-refractivity contribution in [3.8, 4) is 0 Å². The summed E-state index contributed by atoms with van der Waals surface area (Å²) >= 11 is 16.0. The van der Waals surface area contributed by atoms with Gasteiger partial charge < -0.3 is 4.90 Å². The summed E-state index contributed by atoms with van der Waals surface area (Å²) in [7, 11) is 0. The monoisotopic (exact) mass is 386 g/mol. The summed E-state index contributed by atoms with van der Waals surface area (Å²) in [6.45, 7) is 0. The van der Waals surface area contributed by atoms with E-state index in [9.17, 15) is 10.1 Å². The first-order chi connectivity index (χ1) is 9.91. The summed E-state index contributed by atoms with van der Waals surface area (Å²) in [6, 6.07) is 13.7. The Morgan fingerprint density at radius 1 is 1.10 bits per heavy atom. The summed E-state index contributed by atoms with van der Waals surface area (Å²) in [5.74, 6) is 0. The predicted molar refractivity (Wildman–Crippen MR) is 86.9 cm³/mol. The van der Waals surface area contributed by atoms with Crippen LogP contribution in [0.1, 0.15) is 11.6 Å². The Hall–Kier alpha value is -1.30. The van der Waals surface area contributed by atoms with E-state index in [1.54, 1.807) is 12.1 Å².